The summed E-state index contributed by atoms with van der Waals surface area (Å²) < 4.78 is 18.1. The van der Waals surface area contributed by atoms with Gasteiger partial charge in [-0.3, -0.25) is 24.0 Å². The smallest absolute Gasteiger partial charge is 0.245 e. The number of amides is 5. The minimum Gasteiger partial charge on any atom is -0.379 e. The first-order chi connectivity index (χ1) is 30.9. The minimum atomic E-state index is -1.33. The third kappa shape index (κ3) is 16.7. The summed E-state index contributed by atoms with van der Waals surface area (Å²) in [7, 11) is 4.82. The molecule has 0 radical (unpaired) electrons. The van der Waals surface area contributed by atoms with Crippen LogP contribution in [0.5, 0.6) is 0 Å². The van der Waals surface area contributed by atoms with Crippen molar-refractivity contribution in [3.05, 3.63) is 52.5 Å². The second-order valence-electron chi connectivity index (χ2n) is 20.4. The summed E-state index contributed by atoms with van der Waals surface area (Å²) in [5, 5.41) is 11.7. The lowest BCUT2D eigenvalue weighted by molar-refractivity contribution is -0.148. The van der Waals surface area contributed by atoms with Crippen LogP contribution >= 0.6 is 11.3 Å². The Kier molecular flexibility index (Phi) is 21.7. The van der Waals surface area contributed by atoms with Gasteiger partial charge in [0.25, 0.3) is 0 Å². The Balaban J connectivity index is 1.72. The summed E-state index contributed by atoms with van der Waals surface area (Å²) in [6, 6.07) is 7.83. The van der Waals surface area contributed by atoms with Gasteiger partial charge >= 0.3 is 0 Å². The molecule has 16 heteroatoms. The van der Waals surface area contributed by atoms with Crippen LogP contribution in [0.2, 0.25) is 0 Å². The molecule has 5 N–H and O–H groups in total. The number of aromatic nitrogens is 1. The van der Waals surface area contributed by atoms with Crippen molar-refractivity contribution in [3.63, 3.8) is 0 Å². The van der Waals surface area contributed by atoms with E-state index in [1.807, 2.05) is 103 Å². The Morgan fingerprint density at radius 1 is 0.970 bits per heavy atom. The number of nitrogens with one attached hydrogen (secondary N) is 3. The molecule has 2 aromatic rings. The van der Waals surface area contributed by atoms with Crippen LogP contribution in [0.15, 0.2) is 41.9 Å². The zero-order valence-corrected chi connectivity index (χ0v) is 43.2. The average molecular weight is 942 g/mol. The van der Waals surface area contributed by atoms with Crippen molar-refractivity contribution in [2.45, 2.75) is 181 Å². The summed E-state index contributed by atoms with van der Waals surface area (Å²) in [5.41, 5.74) is 4.91. The number of nitrogens with two attached hydrogens (primary N) is 1. The van der Waals surface area contributed by atoms with Crippen molar-refractivity contribution >= 4 is 40.9 Å². The zero-order chi connectivity index (χ0) is 49.6. The van der Waals surface area contributed by atoms with Crippen LogP contribution in [0.1, 0.15) is 138 Å². The molecule has 1 aliphatic heterocycles. The van der Waals surface area contributed by atoms with Gasteiger partial charge in [-0.25, -0.2) is 4.98 Å². The molecule has 0 aliphatic carbocycles. The van der Waals surface area contributed by atoms with Crippen LogP contribution in [0, 0.1) is 17.8 Å². The van der Waals surface area contributed by atoms with E-state index in [1.54, 1.807) is 46.2 Å². The van der Waals surface area contributed by atoms with E-state index in [9.17, 15) is 24.0 Å². The molecule has 8 atom stereocenters. The molecule has 1 saturated heterocycles. The number of nitrogens with zero attached hydrogens (tertiary/aromatic N) is 3. The molecular formula is C50H83N7O8S. The Morgan fingerprint density at radius 2 is 1.64 bits per heavy atom. The highest BCUT2D eigenvalue weighted by Gasteiger charge is 2.44. The molecule has 0 bridgehead atoms. The molecule has 3 rings (SSSR count). The Bertz CT molecular complexity index is 1840. The topological polar surface area (TPSA) is 195 Å². The van der Waals surface area contributed by atoms with E-state index in [0.717, 1.165) is 17.0 Å². The molecule has 15 nitrogen and oxygen atoms in total. The number of hydrogen-bond acceptors (Lipinski definition) is 11. The first kappa shape index (κ1) is 56.4. The van der Waals surface area contributed by atoms with E-state index in [2.05, 4.69) is 20.9 Å². The van der Waals surface area contributed by atoms with Crippen LogP contribution in [-0.4, -0.2) is 126 Å². The van der Waals surface area contributed by atoms with Crippen molar-refractivity contribution < 1.29 is 38.2 Å². The second kappa shape index (κ2) is 25.4. The number of benzene rings is 1. The quantitative estimate of drug-likeness (QED) is 0.0801. The van der Waals surface area contributed by atoms with Crippen LogP contribution in [0.4, 0.5) is 0 Å². The number of carbonyl (C=O) groups excluding carboxylic acids is 5. The lowest BCUT2D eigenvalue weighted by Gasteiger charge is -2.41. The largest absolute Gasteiger partial charge is 0.379 e. The maximum atomic E-state index is 14.5. The van der Waals surface area contributed by atoms with Gasteiger partial charge in [0.1, 0.15) is 16.6 Å². The van der Waals surface area contributed by atoms with Gasteiger partial charge in [0, 0.05) is 58.0 Å². The highest BCUT2D eigenvalue weighted by atomic mass is 32.1. The first-order valence-electron chi connectivity index (χ1n) is 23.8. The summed E-state index contributed by atoms with van der Waals surface area (Å²) in [4.78, 5) is 77.9. The molecule has 1 aromatic heterocycles. The Morgan fingerprint density at radius 3 is 2.20 bits per heavy atom. The van der Waals surface area contributed by atoms with Crippen molar-refractivity contribution in [3.8, 4) is 0 Å². The molecule has 0 saturated carbocycles. The highest BCUT2D eigenvalue weighted by molar-refractivity contribution is 7.09. The molecule has 1 aliphatic rings. The van der Waals surface area contributed by atoms with Gasteiger partial charge in [-0.15, -0.1) is 11.3 Å². The van der Waals surface area contributed by atoms with Gasteiger partial charge in [0.05, 0.1) is 48.3 Å². The Hall–Kier alpha value is -3.96. The molecule has 372 valence electrons. The van der Waals surface area contributed by atoms with Crippen molar-refractivity contribution in [1.29, 1.82) is 0 Å². The predicted octanol–water partition coefficient (Wildman–Crippen LogP) is 6.20. The van der Waals surface area contributed by atoms with Crippen LogP contribution < -0.4 is 21.7 Å². The number of thiazole rings is 1. The number of rotatable bonds is 27. The molecular weight excluding hydrogens is 859 g/mol. The SMILES string of the molecule is CCC(C)C(C(CC(=O)N1CCCC1C(OC)C(C)C(=O)NC(Cc1ccccc1)c1nccs1)OC)N(C)C(=O)C(NC(=O)C(C)(C)NC(=O)CCC(C)(C)OCCC(C)(C)N)C(C)C. The van der Waals surface area contributed by atoms with Crippen molar-refractivity contribution in [2.75, 3.05) is 34.4 Å². The molecule has 8 unspecified atom stereocenters. The standard InChI is InChI=1S/C50H83N7O8S/c1-15-33(4)42(56(12)46(61)41(32(2)3)54-47(62)50(10,11)55-39(58)23-24-49(8,9)65-28-25-48(6,7)51)38(63-13)31-40(59)57-27-19-22-37(57)43(64-14)34(5)44(60)53-36(45-52-26-29-66-45)30-35-20-17-16-18-21-35/h16-18,20-21,26,29,32-34,36-38,41-43H,15,19,22-25,27-28,30-31,51H2,1-14H3,(H,53,60)(H,54,62)(H,55,58). The summed E-state index contributed by atoms with van der Waals surface area (Å²) in [6.07, 6.45) is 4.40. The van der Waals surface area contributed by atoms with Gasteiger partial charge in [0.2, 0.25) is 29.5 Å². The number of likely N-dealkylation sites (tertiary alicyclic amines) is 1. The monoisotopic (exact) mass is 942 g/mol. The molecule has 1 aromatic carbocycles. The molecule has 66 heavy (non-hydrogen) atoms. The molecule has 2 heterocycles. The van der Waals surface area contributed by atoms with Gasteiger partial charge < -0.3 is 45.7 Å². The fourth-order valence-electron chi connectivity index (χ4n) is 8.67. The van der Waals surface area contributed by atoms with E-state index < -0.39 is 47.3 Å². The van der Waals surface area contributed by atoms with Crippen molar-refractivity contribution in [1.82, 2.24) is 30.7 Å². The van der Waals surface area contributed by atoms with E-state index in [-0.39, 0.29) is 65.9 Å². The average Bonchev–Trinajstić information content (AvgIpc) is 3.97. The van der Waals surface area contributed by atoms with E-state index >= 15 is 0 Å². The third-order valence-corrected chi connectivity index (χ3v) is 13.9. The fourth-order valence-corrected chi connectivity index (χ4v) is 9.35. The van der Waals surface area contributed by atoms with Crippen molar-refractivity contribution in [2.24, 2.45) is 23.5 Å². The van der Waals surface area contributed by atoms with Crippen LogP contribution in [0.25, 0.3) is 0 Å². The number of ether oxygens (including phenoxy) is 3. The lowest BCUT2D eigenvalue weighted by atomic mass is 9.89. The summed E-state index contributed by atoms with van der Waals surface area (Å²) >= 11 is 1.49. The van der Waals surface area contributed by atoms with Gasteiger partial charge in [-0.05, 0) is 91.0 Å². The zero-order valence-electron chi connectivity index (χ0n) is 42.4. The van der Waals surface area contributed by atoms with E-state index in [0.29, 0.717) is 45.3 Å². The predicted molar refractivity (Wildman–Crippen MR) is 260 cm³/mol. The highest BCUT2D eigenvalue weighted by Crippen LogP contribution is 2.31. The first-order valence-corrected chi connectivity index (χ1v) is 24.6. The van der Waals surface area contributed by atoms with Gasteiger partial charge in [-0.1, -0.05) is 71.4 Å². The van der Waals surface area contributed by atoms with E-state index in [1.165, 1.54) is 11.3 Å². The Labute approximate surface area is 399 Å². The molecule has 0 spiro atoms. The van der Waals surface area contributed by atoms with Crippen LogP contribution in [-0.2, 0) is 44.6 Å². The third-order valence-electron chi connectivity index (χ3n) is 13.0. The molecule has 5 amide bonds. The maximum Gasteiger partial charge on any atom is 0.245 e. The summed E-state index contributed by atoms with van der Waals surface area (Å²) in [5.74, 6) is -2.46. The number of carbonyl (C=O) groups is 5. The number of hydrogen-bond donors (Lipinski definition) is 4. The summed E-state index contributed by atoms with van der Waals surface area (Å²) in [6.45, 7) is 21.5. The van der Waals surface area contributed by atoms with E-state index in [4.69, 9.17) is 19.9 Å². The van der Waals surface area contributed by atoms with Gasteiger partial charge in [-0.2, -0.15) is 0 Å². The van der Waals surface area contributed by atoms with Crippen LogP contribution in [0.3, 0.4) is 0 Å². The molecule has 1 fully saturated rings. The lowest BCUT2D eigenvalue weighted by Crippen LogP contribution is -2.62. The maximum absolute atomic E-state index is 14.5. The number of methoxy groups -OCH3 is 2. The second-order valence-corrected chi connectivity index (χ2v) is 21.4. The minimum absolute atomic E-state index is 0.00947. The normalized spacial score (nSPS) is 17.9. The van der Waals surface area contributed by atoms with Gasteiger partial charge in [0.15, 0.2) is 0 Å². The fraction of sp³-hybridized carbons (Fsp3) is 0.720. The number of likely N-dealkylation sites (N-methyl/N-ethyl adjacent to an activating group) is 1.